The van der Waals surface area contributed by atoms with Crippen molar-refractivity contribution in [2.75, 3.05) is 11.5 Å². The van der Waals surface area contributed by atoms with Crippen LogP contribution in [0.2, 0.25) is 0 Å². The molecule has 0 saturated carbocycles. The average Bonchev–Trinajstić information content (AvgIpc) is 2.05. The molecule has 11 heavy (non-hydrogen) atoms. The Bertz CT molecular complexity index is 114. The molecule has 1 aliphatic rings. The molecule has 1 rings (SSSR count). The Kier molecular flexibility index (Phi) is 3.73. The predicted molar refractivity (Wildman–Crippen MR) is 53.2 cm³/mol. The van der Waals surface area contributed by atoms with E-state index >= 15 is 0 Å². The standard InChI is InChI=1S/C9H19NS/c1-4-8-5-11-6-9(10-8)7(2)3/h7-10H,4-6H2,1-3H3. The minimum Gasteiger partial charge on any atom is -0.309 e. The Morgan fingerprint density at radius 1 is 1.45 bits per heavy atom. The molecule has 0 aromatic rings. The molecular formula is C9H19NS. The molecular weight excluding hydrogens is 154 g/mol. The fourth-order valence-electron chi connectivity index (χ4n) is 1.36. The molecule has 0 radical (unpaired) electrons. The third-order valence-electron chi connectivity index (χ3n) is 2.36. The molecule has 0 amide bonds. The minimum absolute atomic E-state index is 0.749. The molecule has 1 N–H and O–H groups in total. The van der Waals surface area contributed by atoms with Gasteiger partial charge in [-0.1, -0.05) is 20.8 Å². The first kappa shape index (κ1) is 9.40. The van der Waals surface area contributed by atoms with Gasteiger partial charge in [-0.05, 0) is 12.3 Å². The molecule has 0 aromatic carbocycles. The fraction of sp³-hybridized carbons (Fsp3) is 1.00. The van der Waals surface area contributed by atoms with E-state index in [-0.39, 0.29) is 0 Å². The highest BCUT2D eigenvalue weighted by atomic mass is 32.2. The highest BCUT2D eigenvalue weighted by Crippen LogP contribution is 2.18. The number of hydrogen-bond donors (Lipinski definition) is 1. The first-order valence-corrected chi connectivity index (χ1v) is 5.73. The van der Waals surface area contributed by atoms with Crippen LogP contribution in [-0.4, -0.2) is 23.6 Å². The Hall–Kier alpha value is 0.310. The fourth-order valence-corrected chi connectivity index (χ4v) is 2.84. The summed E-state index contributed by atoms with van der Waals surface area (Å²) in [6.45, 7) is 6.87. The van der Waals surface area contributed by atoms with E-state index in [1.54, 1.807) is 0 Å². The van der Waals surface area contributed by atoms with Crippen LogP contribution >= 0.6 is 11.8 Å². The van der Waals surface area contributed by atoms with Crippen LogP contribution in [0.3, 0.4) is 0 Å². The van der Waals surface area contributed by atoms with Crippen LogP contribution in [0.25, 0.3) is 0 Å². The highest BCUT2D eigenvalue weighted by molar-refractivity contribution is 7.99. The molecule has 0 aliphatic carbocycles. The van der Waals surface area contributed by atoms with Crippen LogP contribution < -0.4 is 5.32 Å². The van der Waals surface area contributed by atoms with Crippen LogP contribution in [0.4, 0.5) is 0 Å². The molecule has 2 heteroatoms. The molecule has 1 nitrogen and oxygen atoms in total. The summed E-state index contributed by atoms with van der Waals surface area (Å²) in [5, 5.41) is 3.68. The van der Waals surface area contributed by atoms with Crippen molar-refractivity contribution in [2.45, 2.75) is 39.3 Å². The molecule has 0 spiro atoms. The lowest BCUT2D eigenvalue weighted by Crippen LogP contribution is -2.47. The van der Waals surface area contributed by atoms with Gasteiger partial charge >= 0.3 is 0 Å². The van der Waals surface area contributed by atoms with Gasteiger partial charge in [-0.3, -0.25) is 0 Å². The van der Waals surface area contributed by atoms with Gasteiger partial charge in [0.25, 0.3) is 0 Å². The minimum atomic E-state index is 0.749. The summed E-state index contributed by atoms with van der Waals surface area (Å²) in [7, 11) is 0. The van der Waals surface area contributed by atoms with E-state index in [9.17, 15) is 0 Å². The Balaban J connectivity index is 2.33. The highest BCUT2D eigenvalue weighted by Gasteiger charge is 2.21. The van der Waals surface area contributed by atoms with E-state index in [0.29, 0.717) is 0 Å². The zero-order chi connectivity index (χ0) is 8.27. The van der Waals surface area contributed by atoms with Crippen molar-refractivity contribution in [3.63, 3.8) is 0 Å². The summed E-state index contributed by atoms with van der Waals surface area (Å²) in [5.41, 5.74) is 0. The molecule has 2 unspecified atom stereocenters. The Labute approximate surface area is 74.3 Å². The predicted octanol–water partition coefficient (Wildman–Crippen LogP) is 2.13. The maximum Gasteiger partial charge on any atom is 0.0184 e. The number of nitrogens with one attached hydrogen (secondary N) is 1. The first-order valence-electron chi connectivity index (χ1n) is 4.57. The second-order valence-corrected chi connectivity index (χ2v) is 4.73. The zero-order valence-electron chi connectivity index (χ0n) is 7.76. The number of hydrogen-bond acceptors (Lipinski definition) is 2. The van der Waals surface area contributed by atoms with Crippen LogP contribution in [0.15, 0.2) is 0 Å². The van der Waals surface area contributed by atoms with Gasteiger partial charge in [0.2, 0.25) is 0 Å². The van der Waals surface area contributed by atoms with Gasteiger partial charge < -0.3 is 5.32 Å². The summed E-state index contributed by atoms with van der Waals surface area (Å²) in [6.07, 6.45) is 1.27. The third kappa shape index (κ3) is 2.68. The van der Waals surface area contributed by atoms with Crippen molar-refractivity contribution in [3.05, 3.63) is 0 Å². The molecule has 66 valence electrons. The molecule has 1 saturated heterocycles. The summed E-state index contributed by atoms with van der Waals surface area (Å²) in [6, 6.07) is 1.51. The van der Waals surface area contributed by atoms with Crippen molar-refractivity contribution in [2.24, 2.45) is 5.92 Å². The van der Waals surface area contributed by atoms with Gasteiger partial charge in [-0.25, -0.2) is 0 Å². The normalized spacial score (nSPS) is 32.7. The Morgan fingerprint density at radius 3 is 2.73 bits per heavy atom. The second-order valence-electron chi connectivity index (χ2n) is 3.66. The quantitative estimate of drug-likeness (QED) is 0.686. The van der Waals surface area contributed by atoms with Crippen LogP contribution in [0.5, 0.6) is 0 Å². The van der Waals surface area contributed by atoms with Gasteiger partial charge in [0, 0.05) is 23.6 Å². The van der Waals surface area contributed by atoms with E-state index in [1.165, 1.54) is 17.9 Å². The lowest BCUT2D eigenvalue weighted by atomic mass is 10.0. The summed E-state index contributed by atoms with van der Waals surface area (Å²) >= 11 is 2.10. The van der Waals surface area contributed by atoms with E-state index in [4.69, 9.17) is 0 Å². The van der Waals surface area contributed by atoms with E-state index < -0.39 is 0 Å². The van der Waals surface area contributed by atoms with Crippen molar-refractivity contribution in [1.29, 1.82) is 0 Å². The number of rotatable bonds is 2. The van der Waals surface area contributed by atoms with Gasteiger partial charge in [-0.15, -0.1) is 0 Å². The lowest BCUT2D eigenvalue weighted by Gasteiger charge is -2.32. The molecule has 1 aliphatic heterocycles. The molecule has 2 atom stereocenters. The molecule has 1 fully saturated rings. The van der Waals surface area contributed by atoms with Crippen molar-refractivity contribution in [3.8, 4) is 0 Å². The van der Waals surface area contributed by atoms with Crippen molar-refractivity contribution >= 4 is 11.8 Å². The second kappa shape index (κ2) is 4.36. The maximum absolute atomic E-state index is 3.68. The summed E-state index contributed by atoms with van der Waals surface area (Å²) in [5.74, 6) is 3.39. The SMILES string of the molecule is CCC1CSCC(C(C)C)N1. The Morgan fingerprint density at radius 2 is 2.18 bits per heavy atom. The third-order valence-corrected chi connectivity index (χ3v) is 3.60. The van der Waals surface area contributed by atoms with E-state index in [0.717, 1.165) is 18.0 Å². The molecule has 1 heterocycles. The largest absolute Gasteiger partial charge is 0.309 e. The van der Waals surface area contributed by atoms with E-state index in [1.807, 2.05) is 0 Å². The topological polar surface area (TPSA) is 12.0 Å². The monoisotopic (exact) mass is 173 g/mol. The smallest absolute Gasteiger partial charge is 0.0184 e. The maximum atomic E-state index is 3.68. The van der Waals surface area contributed by atoms with Crippen molar-refractivity contribution < 1.29 is 0 Å². The lowest BCUT2D eigenvalue weighted by molar-refractivity contribution is 0.377. The summed E-state index contributed by atoms with van der Waals surface area (Å²) in [4.78, 5) is 0. The van der Waals surface area contributed by atoms with Crippen molar-refractivity contribution in [1.82, 2.24) is 5.32 Å². The average molecular weight is 173 g/mol. The molecule has 0 bridgehead atoms. The van der Waals surface area contributed by atoms with Gasteiger partial charge in [0.05, 0.1) is 0 Å². The van der Waals surface area contributed by atoms with E-state index in [2.05, 4.69) is 37.8 Å². The van der Waals surface area contributed by atoms with Crippen LogP contribution in [0, 0.1) is 5.92 Å². The molecule has 0 aromatic heterocycles. The summed E-state index contributed by atoms with van der Waals surface area (Å²) < 4.78 is 0. The van der Waals surface area contributed by atoms with Gasteiger partial charge in [0.15, 0.2) is 0 Å². The zero-order valence-corrected chi connectivity index (χ0v) is 8.58. The van der Waals surface area contributed by atoms with Crippen LogP contribution in [-0.2, 0) is 0 Å². The van der Waals surface area contributed by atoms with Gasteiger partial charge in [-0.2, -0.15) is 11.8 Å². The number of thioether (sulfide) groups is 1. The first-order chi connectivity index (χ1) is 5.24. The van der Waals surface area contributed by atoms with Gasteiger partial charge in [0.1, 0.15) is 0 Å². The van der Waals surface area contributed by atoms with Crippen LogP contribution in [0.1, 0.15) is 27.2 Å².